The highest BCUT2D eigenvalue weighted by Gasteiger charge is 2.49. The molecule has 0 amide bonds. The van der Waals surface area contributed by atoms with Gasteiger partial charge in [-0.1, -0.05) is 81.4 Å². The quantitative estimate of drug-likeness (QED) is 0.350. The molecule has 174 valence electrons. The Balaban J connectivity index is 0.000000323. The maximum absolute atomic E-state index is 8.39. The summed E-state index contributed by atoms with van der Waals surface area (Å²) in [5, 5.41) is 11.0. The third-order valence-electron chi connectivity index (χ3n) is 5.60. The Labute approximate surface area is 197 Å². The van der Waals surface area contributed by atoms with Crippen LogP contribution in [0.2, 0.25) is 5.04 Å². The molecular formula is C26H34N4O2Si. The minimum absolute atomic E-state index is 0.0176. The molecule has 0 aliphatic rings. The van der Waals surface area contributed by atoms with Gasteiger partial charge in [-0.2, -0.15) is 0 Å². The lowest BCUT2D eigenvalue weighted by atomic mass is 10.2. The smallest absolute Gasteiger partial charge is 0.261 e. The predicted octanol–water partition coefficient (Wildman–Crippen LogP) is 3.47. The highest BCUT2D eigenvalue weighted by atomic mass is 28.4. The van der Waals surface area contributed by atoms with Gasteiger partial charge in [-0.05, 0) is 15.4 Å². The number of H-pyrrole nitrogens is 2. The summed E-state index contributed by atoms with van der Waals surface area (Å²) in [5.74, 6) is 0. The normalized spacial score (nSPS) is 11.6. The summed E-state index contributed by atoms with van der Waals surface area (Å²) in [5.41, 5.74) is 2.09. The Kier molecular flexibility index (Phi) is 8.77. The molecule has 2 heterocycles. The summed E-state index contributed by atoms with van der Waals surface area (Å²) in [7, 11) is -2.42. The van der Waals surface area contributed by atoms with E-state index in [-0.39, 0.29) is 11.6 Å². The zero-order valence-corrected chi connectivity index (χ0v) is 20.7. The molecule has 0 bridgehead atoms. The molecule has 0 saturated heterocycles. The maximum Gasteiger partial charge on any atom is 0.261 e. The number of benzene rings is 2. The summed E-state index contributed by atoms with van der Waals surface area (Å²) in [6, 6.07) is 21.5. The van der Waals surface area contributed by atoms with E-state index < -0.39 is 8.32 Å². The fraction of sp³-hybridized carbons (Fsp3) is 0.308. The Hall–Kier alpha value is -3.00. The molecule has 0 spiro atoms. The number of imidazole rings is 2. The van der Waals surface area contributed by atoms with Crippen molar-refractivity contribution in [1.29, 1.82) is 0 Å². The van der Waals surface area contributed by atoms with Crippen LogP contribution in [0.4, 0.5) is 0 Å². The molecule has 0 unspecified atom stereocenters. The number of hydrogen-bond acceptors (Lipinski definition) is 4. The van der Waals surface area contributed by atoms with Gasteiger partial charge in [0.1, 0.15) is 0 Å². The monoisotopic (exact) mass is 462 g/mol. The van der Waals surface area contributed by atoms with Crippen LogP contribution in [0.25, 0.3) is 0 Å². The Morgan fingerprint density at radius 3 is 1.67 bits per heavy atom. The summed E-state index contributed by atoms with van der Waals surface area (Å²) in [4.78, 5) is 13.9. The molecular weight excluding hydrogens is 428 g/mol. The van der Waals surface area contributed by atoms with Crippen molar-refractivity contribution in [3.63, 3.8) is 0 Å². The van der Waals surface area contributed by atoms with Crippen molar-refractivity contribution in [1.82, 2.24) is 19.9 Å². The van der Waals surface area contributed by atoms with E-state index in [0.29, 0.717) is 13.0 Å². The highest BCUT2D eigenvalue weighted by molar-refractivity contribution is 6.99. The van der Waals surface area contributed by atoms with Gasteiger partial charge in [0.05, 0.1) is 12.7 Å². The van der Waals surface area contributed by atoms with Gasteiger partial charge in [-0.15, -0.1) is 0 Å². The first kappa shape index (κ1) is 24.6. The van der Waals surface area contributed by atoms with Gasteiger partial charge in [0, 0.05) is 49.8 Å². The van der Waals surface area contributed by atoms with E-state index in [4.69, 9.17) is 9.53 Å². The van der Waals surface area contributed by atoms with Crippen LogP contribution in [0.1, 0.15) is 32.2 Å². The minimum atomic E-state index is -2.42. The Bertz CT molecular complexity index is 992. The molecule has 4 aromatic rings. The number of nitrogens with zero attached hydrogens (tertiary/aromatic N) is 2. The lowest BCUT2D eigenvalue weighted by Crippen LogP contribution is -2.66. The van der Waals surface area contributed by atoms with E-state index in [0.717, 1.165) is 17.8 Å². The van der Waals surface area contributed by atoms with Gasteiger partial charge in [0.25, 0.3) is 8.32 Å². The van der Waals surface area contributed by atoms with Crippen LogP contribution in [0.3, 0.4) is 0 Å². The second-order valence-electron chi connectivity index (χ2n) is 8.89. The number of rotatable bonds is 8. The lowest BCUT2D eigenvalue weighted by Gasteiger charge is -2.43. The van der Waals surface area contributed by atoms with Gasteiger partial charge < -0.3 is 19.5 Å². The van der Waals surface area contributed by atoms with E-state index in [2.05, 4.69) is 101 Å². The molecule has 0 aliphatic heterocycles. The van der Waals surface area contributed by atoms with Crippen molar-refractivity contribution in [2.45, 2.75) is 38.7 Å². The van der Waals surface area contributed by atoms with Crippen LogP contribution in [-0.4, -0.2) is 46.6 Å². The molecule has 33 heavy (non-hydrogen) atoms. The van der Waals surface area contributed by atoms with Gasteiger partial charge in [-0.3, -0.25) is 0 Å². The topological polar surface area (TPSA) is 86.8 Å². The van der Waals surface area contributed by atoms with E-state index in [1.54, 1.807) is 18.9 Å². The van der Waals surface area contributed by atoms with Crippen LogP contribution in [0, 0.1) is 0 Å². The number of aromatic nitrogens is 4. The number of aliphatic hydroxyl groups is 1. The van der Waals surface area contributed by atoms with Crippen LogP contribution >= 0.6 is 0 Å². The zero-order valence-electron chi connectivity index (χ0n) is 19.7. The van der Waals surface area contributed by atoms with Crippen LogP contribution in [-0.2, 0) is 17.3 Å². The van der Waals surface area contributed by atoms with E-state index in [1.165, 1.54) is 10.4 Å². The van der Waals surface area contributed by atoms with Gasteiger partial charge >= 0.3 is 0 Å². The molecule has 3 N–H and O–H groups in total. The largest absolute Gasteiger partial charge is 0.407 e. The maximum atomic E-state index is 8.39. The summed E-state index contributed by atoms with van der Waals surface area (Å²) >= 11 is 0. The predicted molar refractivity (Wildman–Crippen MR) is 135 cm³/mol. The molecule has 0 aliphatic carbocycles. The van der Waals surface area contributed by atoms with Crippen molar-refractivity contribution < 1.29 is 9.53 Å². The first-order valence-electron chi connectivity index (χ1n) is 11.3. The summed E-state index contributed by atoms with van der Waals surface area (Å²) < 4.78 is 6.83. The molecule has 7 heteroatoms. The van der Waals surface area contributed by atoms with Gasteiger partial charge in [0.15, 0.2) is 0 Å². The number of nitrogens with one attached hydrogen (secondary N) is 2. The second-order valence-corrected chi connectivity index (χ2v) is 13.2. The third-order valence-corrected chi connectivity index (χ3v) is 10.6. The summed E-state index contributed by atoms with van der Waals surface area (Å²) in [6.45, 7) is 7.76. The molecule has 2 aromatic heterocycles. The van der Waals surface area contributed by atoms with Gasteiger partial charge in [0.2, 0.25) is 0 Å². The number of hydrogen-bond donors (Lipinski definition) is 3. The van der Waals surface area contributed by atoms with Crippen LogP contribution in [0.5, 0.6) is 0 Å². The first-order chi connectivity index (χ1) is 16.0. The van der Waals surface area contributed by atoms with Crippen molar-refractivity contribution in [3.8, 4) is 0 Å². The molecule has 0 fully saturated rings. The average molecular weight is 463 g/mol. The molecule has 2 aromatic carbocycles. The molecule has 0 radical (unpaired) electrons. The SMILES string of the molecule is CC(C)(C)[Si](OCCc1cnc[nH]1)(c1ccccc1)c1ccccc1.OCCc1cnc[nH]1. The highest BCUT2D eigenvalue weighted by Crippen LogP contribution is 2.36. The number of aromatic amines is 2. The average Bonchev–Trinajstić information content (AvgIpc) is 3.52. The second kappa shape index (κ2) is 11.7. The molecule has 6 nitrogen and oxygen atoms in total. The van der Waals surface area contributed by atoms with Crippen molar-refractivity contribution in [3.05, 3.63) is 97.1 Å². The van der Waals surface area contributed by atoms with E-state index >= 15 is 0 Å². The lowest BCUT2D eigenvalue weighted by molar-refractivity contribution is 0.298. The minimum Gasteiger partial charge on any atom is -0.407 e. The molecule has 4 rings (SSSR count). The Morgan fingerprint density at radius 2 is 1.27 bits per heavy atom. The van der Waals surface area contributed by atoms with Crippen LogP contribution < -0.4 is 10.4 Å². The van der Waals surface area contributed by atoms with Crippen molar-refractivity contribution >= 4 is 18.7 Å². The van der Waals surface area contributed by atoms with E-state index in [1.807, 2.05) is 6.20 Å². The zero-order chi connectivity index (χ0) is 23.6. The number of aliphatic hydroxyl groups excluding tert-OH is 1. The fourth-order valence-electron chi connectivity index (χ4n) is 4.04. The fourth-order valence-corrected chi connectivity index (χ4v) is 8.60. The van der Waals surface area contributed by atoms with Crippen molar-refractivity contribution in [2.75, 3.05) is 13.2 Å². The third kappa shape index (κ3) is 6.28. The first-order valence-corrected chi connectivity index (χ1v) is 13.2. The summed E-state index contributed by atoms with van der Waals surface area (Å²) in [6.07, 6.45) is 8.40. The van der Waals surface area contributed by atoms with Gasteiger partial charge in [-0.25, -0.2) is 9.97 Å². The molecule has 0 saturated carbocycles. The molecule has 0 atom stereocenters. The van der Waals surface area contributed by atoms with Crippen LogP contribution in [0.15, 0.2) is 85.7 Å². The standard InChI is InChI=1S/C21H26N2OSi.C5H8N2O/c1-21(2,3)25(19-10-6-4-7-11-19,20-12-8-5-9-13-20)24-15-14-18-16-22-17-23-18;8-2-1-5-3-6-4-7-5/h4-13,16-17H,14-15H2,1-3H3,(H,22,23);3-4,8H,1-2H2,(H,6,7). The Morgan fingerprint density at radius 1 is 0.788 bits per heavy atom. The van der Waals surface area contributed by atoms with E-state index in [9.17, 15) is 0 Å². The van der Waals surface area contributed by atoms with Crippen molar-refractivity contribution in [2.24, 2.45) is 0 Å².